The van der Waals surface area contributed by atoms with Gasteiger partial charge in [-0.25, -0.2) is 0 Å². The van der Waals surface area contributed by atoms with Gasteiger partial charge < -0.3 is 0 Å². The highest BCUT2D eigenvalue weighted by Gasteiger charge is 2.43. The predicted molar refractivity (Wildman–Crippen MR) is 115 cm³/mol. The van der Waals surface area contributed by atoms with Crippen LogP contribution in [-0.4, -0.2) is 0 Å². The molecular weight excluding hydrogens is 326 g/mol. The zero-order valence-corrected chi connectivity index (χ0v) is 18.4. The Morgan fingerprint density at radius 1 is 0.778 bits per heavy atom. The van der Waals surface area contributed by atoms with Gasteiger partial charge >= 0.3 is 0 Å². The maximum Gasteiger partial charge on any atom is 0.0689 e. The molecule has 4 unspecified atom stereocenters. The average molecular weight is 372 g/mol. The van der Waals surface area contributed by atoms with Crippen LogP contribution in [-0.2, 0) is 0 Å². The van der Waals surface area contributed by atoms with Crippen LogP contribution in [0.5, 0.6) is 0 Å². The molecule has 0 aromatic heterocycles. The zero-order chi connectivity index (χ0) is 19.1. The topological polar surface area (TPSA) is 23.8 Å². The van der Waals surface area contributed by atoms with Gasteiger partial charge in [0.05, 0.1) is 11.5 Å². The number of hydrogen-bond donors (Lipinski definition) is 0. The van der Waals surface area contributed by atoms with E-state index >= 15 is 0 Å². The van der Waals surface area contributed by atoms with Crippen molar-refractivity contribution in [3.63, 3.8) is 0 Å². The fraction of sp³-hybridized carbons (Fsp3) is 0.962. The molecule has 0 aliphatic heterocycles. The van der Waals surface area contributed by atoms with E-state index in [0.717, 1.165) is 36.0 Å². The first-order valence-electron chi connectivity index (χ1n) is 12.6. The normalized spacial score (nSPS) is 39.5. The molecule has 0 heterocycles. The van der Waals surface area contributed by atoms with Crippen LogP contribution < -0.4 is 0 Å². The molecule has 0 saturated heterocycles. The first-order chi connectivity index (χ1) is 13.2. The van der Waals surface area contributed by atoms with E-state index in [1.54, 1.807) is 0 Å². The lowest BCUT2D eigenvalue weighted by Gasteiger charge is -2.47. The molecule has 1 heteroatoms. The summed E-state index contributed by atoms with van der Waals surface area (Å²) < 4.78 is 0. The van der Waals surface area contributed by atoms with E-state index in [1.807, 2.05) is 0 Å². The van der Waals surface area contributed by atoms with Crippen LogP contribution in [0.25, 0.3) is 0 Å². The summed E-state index contributed by atoms with van der Waals surface area (Å²) in [6.45, 7) is 4.54. The Kier molecular flexibility index (Phi) is 8.10. The SMILES string of the molecule is CCCCCCCC1CCC(C2CCC3CC(C#N)(CC)CCC3C2)CC1. The summed E-state index contributed by atoms with van der Waals surface area (Å²) in [6.07, 6.45) is 24.0. The molecule has 3 aliphatic rings. The van der Waals surface area contributed by atoms with E-state index in [1.165, 1.54) is 103 Å². The third-order valence-corrected chi connectivity index (χ3v) is 9.01. The van der Waals surface area contributed by atoms with E-state index in [9.17, 15) is 5.26 Å². The van der Waals surface area contributed by atoms with Gasteiger partial charge in [0.2, 0.25) is 0 Å². The Labute approximate surface area is 169 Å². The van der Waals surface area contributed by atoms with Crippen LogP contribution in [0.1, 0.15) is 123 Å². The summed E-state index contributed by atoms with van der Waals surface area (Å²) in [5.41, 5.74) is 0.0309. The van der Waals surface area contributed by atoms with Crippen molar-refractivity contribution >= 4 is 0 Å². The second-order valence-corrected chi connectivity index (χ2v) is 10.6. The van der Waals surface area contributed by atoms with Gasteiger partial charge in [-0.3, -0.25) is 0 Å². The van der Waals surface area contributed by atoms with Crippen LogP contribution in [0.15, 0.2) is 0 Å². The lowest BCUT2D eigenvalue weighted by Crippen LogP contribution is -2.38. The molecule has 4 atom stereocenters. The molecular formula is C26H45N. The Morgan fingerprint density at radius 2 is 1.44 bits per heavy atom. The Hall–Kier alpha value is -0.510. The van der Waals surface area contributed by atoms with Crippen molar-refractivity contribution in [1.82, 2.24) is 0 Å². The van der Waals surface area contributed by atoms with Gasteiger partial charge in [-0.2, -0.15) is 5.26 Å². The van der Waals surface area contributed by atoms with E-state index in [-0.39, 0.29) is 5.41 Å². The van der Waals surface area contributed by atoms with Crippen molar-refractivity contribution < 1.29 is 0 Å². The van der Waals surface area contributed by atoms with Gasteiger partial charge in [-0.15, -0.1) is 0 Å². The van der Waals surface area contributed by atoms with E-state index < -0.39 is 0 Å². The van der Waals surface area contributed by atoms with Gasteiger partial charge in [0, 0.05) is 0 Å². The van der Waals surface area contributed by atoms with Crippen molar-refractivity contribution in [2.75, 3.05) is 0 Å². The van der Waals surface area contributed by atoms with Crippen molar-refractivity contribution in [1.29, 1.82) is 5.26 Å². The first kappa shape index (κ1) is 21.2. The molecule has 0 amide bonds. The highest BCUT2D eigenvalue weighted by Crippen LogP contribution is 2.53. The van der Waals surface area contributed by atoms with Crippen LogP contribution in [0.4, 0.5) is 0 Å². The number of hydrogen-bond acceptors (Lipinski definition) is 1. The minimum absolute atomic E-state index is 0.0309. The highest BCUT2D eigenvalue weighted by atomic mass is 14.5. The smallest absolute Gasteiger partial charge is 0.0689 e. The maximum absolute atomic E-state index is 9.67. The number of nitriles is 1. The summed E-state index contributed by atoms with van der Waals surface area (Å²) in [5.74, 6) is 4.93. The van der Waals surface area contributed by atoms with E-state index in [0.29, 0.717) is 0 Å². The predicted octanol–water partition coefficient (Wildman–Crippen LogP) is 8.29. The summed E-state index contributed by atoms with van der Waals surface area (Å²) in [6, 6.07) is 2.71. The summed E-state index contributed by atoms with van der Waals surface area (Å²) in [7, 11) is 0. The molecule has 0 aromatic carbocycles. The average Bonchev–Trinajstić information content (AvgIpc) is 2.73. The van der Waals surface area contributed by atoms with Gasteiger partial charge in [0.15, 0.2) is 0 Å². The third-order valence-electron chi connectivity index (χ3n) is 9.01. The minimum atomic E-state index is 0.0309. The lowest BCUT2D eigenvalue weighted by molar-refractivity contribution is 0.0401. The van der Waals surface area contributed by atoms with Crippen molar-refractivity contribution in [2.24, 2.45) is 35.0 Å². The second kappa shape index (κ2) is 10.3. The fourth-order valence-corrected chi connectivity index (χ4v) is 6.97. The van der Waals surface area contributed by atoms with E-state index in [4.69, 9.17) is 0 Å². The van der Waals surface area contributed by atoms with E-state index in [2.05, 4.69) is 19.9 Å². The summed E-state index contributed by atoms with van der Waals surface area (Å²) >= 11 is 0. The van der Waals surface area contributed by atoms with Gasteiger partial charge in [-0.05, 0) is 87.4 Å². The first-order valence-corrected chi connectivity index (χ1v) is 12.6. The van der Waals surface area contributed by atoms with Gasteiger partial charge in [0.1, 0.15) is 0 Å². The number of rotatable bonds is 8. The van der Waals surface area contributed by atoms with Gasteiger partial charge in [0.25, 0.3) is 0 Å². The van der Waals surface area contributed by atoms with Crippen molar-refractivity contribution in [3.8, 4) is 6.07 Å². The van der Waals surface area contributed by atoms with Crippen molar-refractivity contribution in [3.05, 3.63) is 0 Å². The molecule has 27 heavy (non-hydrogen) atoms. The lowest BCUT2D eigenvalue weighted by atomic mass is 9.57. The molecule has 3 fully saturated rings. The second-order valence-electron chi connectivity index (χ2n) is 10.6. The molecule has 154 valence electrons. The molecule has 0 bridgehead atoms. The number of nitrogens with zero attached hydrogens (tertiary/aromatic N) is 1. The largest absolute Gasteiger partial charge is 0.198 e. The van der Waals surface area contributed by atoms with Crippen LogP contribution in [0.2, 0.25) is 0 Å². The Morgan fingerprint density at radius 3 is 2.15 bits per heavy atom. The zero-order valence-electron chi connectivity index (χ0n) is 18.4. The quantitative estimate of drug-likeness (QED) is 0.394. The molecule has 0 spiro atoms. The summed E-state index contributed by atoms with van der Waals surface area (Å²) in [5, 5.41) is 9.67. The van der Waals surface area contributed by atoms with Crippen LogP contribution in [0.3, 0.4) is 0 Å². The molecule has 3 saturated carbocycles. The molecule has 0 aromatic rings. The highest BCUT2D eigenvalue weighted by molar-refractivity contribution is 5.04. The van der Waals surface area contributed by atoms with Gasteiger partial charge in [-0.1, -0.05) is 65.2 Å². The Bertz CT molecular complexity index is 469. The molecule has 0 N–H and O–H groups in total. The Balaban J connectivity index is 1.38. The standard InChI is InChI=1S/C26H45N/c1-3-5-6-7-8-9-21-10-12-22(13-11-21)23-14-15-25-19-26(4-2,20-27)17-16-24(25)18-23/h21-25H,3-19H2,1-2H3. The van der Waals surface area contributed by atoms with Crippen LogP contribution >= 0.6 is 0 Å². The monoisotopic (exact) mass is 371 g/mol. The third kappa shape index (κ3) is 5.52. The fourth-order valence-electron chi connectivity index (χ4n) is 6.97. The van der Waals surface area contributed by atoms with Crippen molar-refractivity contribution in [2.45, 2.75) is 123 Å². The number of fused-ring (bicyclic) bond motifs is 1. The minimum Gasteiger partial charge on any atom is -0.198 e. The van der Waals surface area contributed by atoms with Crippen LogP contribution in [0, 0.1) is 46.3 Å². The molecule has 3 rings (SSSR count). The number of unbranched alkanes of at least 4 members (excludes halogenated alkanes) is 4. The maximum atomic E-state index is 9.67. The molecule has 1 nitrogen and oxygen atoms in total. The summed E-state index contributed by atoms with van der Waals surface area (Å²) in [4.78, 5) is 0. The molecule has 3 aliphatic carbocycles. The molecule has 0 radical (unpaired) electrons.